The van der Waals surface area contributed by atoms with Crippen LogP contribution >= 0.6 is 23.2 Å². The van der Waals surface area contributed by atoms with Crippen LogP contribution in [0.5, 0.6) is 0 Å². The number of carbonyl (C=O) groups is 2. The van der Waals surface area contributed by atoms with Gasteiger partial charge in [0, 0.05) is 16.5 Å². The number of rotatable bonds is 4. The first-order valence-corrected chi connectivity index (χ1v) is 9.49. The summed E-state index contributed by atoms with van der Waals surface area (Å²) in [5, 5.41) is 10.7. The Morgan fingerprint density at radius 3 is 1.97 bits per heavy atom. The van der Waals surface area contributed by atoms with E-state index < -0.39 is 42.2 Å². The average molecular weight is 441 g/mol. The highest BCUT2D eigenvalue weighted by atomic mass is 35.5. The summed E-state index contributed by atoms with van der Waals surface area (Å²) in [6.07, 6.45) is -5.99. The van der Waals surface area contributed by atoms with Gasteiger partial charge in [0.2, 0.25) is 0 Å². The highest BCUT2D eigenvalue weighted by molar-refractivity contribution is 6.31. The Hall–Kier alpha value is -2.19. The lowest BCUT2D eigenvalue weighted by atomic mass is 10.1. The molecule has 6 nitrogen and oxygen atoms in total. The number of hydrogen-bond donors (Lipinski definition) is 1. The van der Waals surface area contributed by atoms with Gasteiger partial charge in [-0.3, -0.25) is 0 Å². The summed E-state index contributed by atoms with van der Waals surface area (Å²) < 4.78 is 30.4. The molecule has 2 fully saturated rings. The summed E-state index contributed by atoms with van der Waals surface area (Å²) in [5.41, 5.74) is -1.02. The Kier molecular flexibility index (Phi) is 5.25. The number of halogens is 3. The molecule has 0 radical (unpaired) electrons. The molecule has 2 aromatic carbocycles. The number of ether oxygens (including phenoxy) is 3. The maximum atomic E-state index is 14.5. The quantitative estimate of drug-likeness (QED) is 0.731. The van der Waals surface area contributed by atoms with Gasteiger partial charge in [-0.25, -0.2) is 14.0 Å². The molecule has 2 aliphatic rings. The summed E-state index contributed by atoms with van der Waals surface area (Å²) in [4.78, 5) is 24.7. The van der Waals surface area contributed by atoms with Crippen molar-refractivity contribution in [2.24, 2.45) is 0 Å². The van der Waals surface area contributed by atoms with Gasteiger partial charge in [0.15, 0.2) is 24.2 Å². The highest BCUT2D eigenvalue weighted by Gasteiger charge is 2.73. The van der Waals surface area contributed by atoms with Crippen LogP contribution in [0, 0.1) is 0 Å². The second-order valence-electron chi connectivity index (χ2n) is 6.85. The largest absolute Gasteiger partial charge is 0.455 e. The van der Waals surface area contributed by atoms with Crippen molar-refractivity contribution in [1.82, 2.24) is 0 Å². The zero-order chi connectivity index (χ0) is 20.8. The smallest absolute Gasteiger partial charge is 0.338 e. The normalized spacial score (nSPS) is 30.2. The molecule has 1 spiro atoms. The van der Waals surface area contributed by atoms with Gasteiger partial charge in [-0.15, -0.1) is 0 Å². The molecule has 4 rings (SSSR count). The van der Waals surface area contributed by atoms with Crippen LogP contribution in [0.15, 0.2) is 48.5 Å². The molecule has 2 unspecified atom stereocenters. The van der Waals surface area contributed by atoms with Gasteiger partial charge in [-0.05, 0) is 48.5 Å². The Morgan fingerprint density at radius 2 is 1.45 bits per heavy atom. The predicted octanol–water partition coefficient (Wildman–Crippen LogP) is 3.57. The van der Waals surface area contributed by atoms with Crippen LogP contribution in [0.3, 0.4) is 0 Å². The summed E-state index contributed by atoms with van der Waals surface area (Å²) in [6.45, 7) is 0. The first-order chi connectivity index (χ1) is 13.8. The average Bonchev–Trinajstić information content (AvgIpc) is 3.32. The van der Waals surface area contributed by atoms with E-state index in [1.54, 1.807) is 0 Å². The van der Waals surface area contributed by atoms with Crippen molar-refractivity contribution in [2.45, 2.75) is 36.7 Å². The van der Waals surface area contributed by atoms with E-state index in [4.69, 9.17) is 37.4 Å². The van der Waals surface area contributed by atoms with Crippen LogP contribution in [0.4, 0.5) is 4.39 Å². The topological polar surface area (TPSA) is 82.1 Å². The van der Waals surface area contributed by atoms with E-state index in [0.29, 0.717) is 10.0 Å². The van der Waals surface area contributed by atoms with Gasteiger partial charge in [-0.2, -0.15) is 0 Å². The van der Waals surface area contributed by atoms with Crippen LogP contribution in [-0.4, -0.2) is 47.3 Å². The lowest BCUT2D eigenvalue weighted by Crippen LogP contribution is -2.38. The van der Waals surface area contributed by atoms with E-state index in [-0.39, 0.29) is 17.5 Å². The van der Waals surface area contributed by atoms with E-state index in [1.807, 2.05) is 0 Å². The molecule has 0 bridgehead atoms. The molecule has 0 aromatic heterocycles. The Balaban J connectivity index is 1.47. The molecule has 9 heteroatoms. The molecule has 1 aliphatic heterocycles. The van der Waals surface area contributed by atoms with Crippen molar-refractivity contribution in [3.8, 4) is 0 Å². The third-order valence-electron chi connectivity index (χ3n) is 4.92. The van der Waals surface area contributed by atoms with Crippen molar-refractivity contribution in [3.05, 3.63) is 69.7 Å². The van der Waals surface area contributed by atoms with Crippen molar-refractivity contribution < 1.29 is 33.3 Å². The molecule has 1 saturated carbocycles. The van der Waals surface area contributed by atoms with Crippen LogP contribution < -0.4 is 0 Å². The molecule has 2 aromatic rings. The first kappa shape index (κ1) is 20.1. The fourth-order valence-corrected chi connectivity index (χ4v) is 3.54. The van der Waals surface area contributed by atoms with Crippen LogP contribution in [0.25, 0.3) is 0 Å². The predicted molar refractivity (Wildman–Crippen MR) is 101 cm³/mol. The summed E-state index contributed by atoms with van der Waals surface area (Å²) in [6, 6.07) is 11.9. The zero-order valence-corrected chi connectivity index (χ0v) is 16.3. The van der Waals surface area contributed by atoms with Crippen molar-refractivity contribution >= 4 is 35.1 Å². The summed E-state index contributed by atoms with van der Waals surface area (Å²) in [5.74, 6) is -1.47. The monoisotopic (exact) mass is 440 g/mol. The molecule has 152 valence electrons. The molecule has 1 N–H and O–H groups in total. The number of hydrogen-bond acceptors (Lipinski definition) is 6. The summed E-state index contributed by atoms with van der Waals surface area (Å²) in [7, 11) is 0. The number of alkyl halides is 1. The molecule has 29 heavy (non-hydrogen) atoms. The molecule has 1 heterocycles. The Labute approximate surface area is 175 Å². The summed E-state index contributed by atoms with van der Waals surface area (Å²) >= 11 is 11.6. The van der Waals surface area contributed by atoms with Crippen LogP contribution in [0.2, 0.25) is 10.0 Å². The molecular formula is C20H15Cl2FO6. The van der Waals surface area contributed by atoms with E-state index in [1.165, 1.54) is 48.5 Å². The van der Waals surface area contributed by atoms with Gasteiger partial charge >= 0.3 is 11.9 Å². The minimum Gasteiger partial charge on any atom is -0.455 e. The highest BCUT2D eigenvalue weighted by Crippen LogP contribution is 2.54. The Morgan fingerprint density at radius 1 is 0.966 bits per heavy atom. The van der Waals surface area contributed by atoms with Crippen molar-refractivity contribution in [1.29, 1.82) is 0 Å². The minimum atomic E-state index is -1.98. The third-order valence-corrected chi connectivity index (χ3v) is 5.42. The fourth-order valence-electron chi connectivity index (χ4n) is 3.29. The van der Waals surface area contributed by atoms with Gasteiger partial charge in [0.25, 0.3) is 0 Å². The first-order valence-electron chi connectivity index (χ1n) is 8.73. The number of aliphatic hydroxyl groups is 1. The van der Waals surface area contributed by atoms with E-state index >= 15 is 0 Å². The third kappa shape index (κ3) is 3.83. The molecule has 1 saturated heterocycles. The molecular weight excluding hydrogens is 426 g/mol. The maximum absolute atomic E-state index is 14.5. The van der Waals surface area contributed by atoms with Gasteiger partial charge in [0.1, 0.15) is 6.10 Å². The minimum absolute atomic E-state index is 0.0857. The van der Waals surface area contributed by atoms with Gasteiger partial charge in [0.05, 0.1) is 11.1 Å². The maximum Gasteiger partial charge on any atom is 0.338 e. The second-order valence-corrected chi connectivity index (χ2v) is 7.72. The standard InChI is InChI=1S/C20H15Cl2FO6/c21-12-5-1-10(2-6-12)17(24)27-14-9-20(14)16(15(23)19(26)29-20)28-18(25)11-3-7-13(22)8-4-11/h1-8,14-16,19,26H,9H2/t14-,15+,16+,19?,20?/m1/s1. The van der Waals surface area contributed by atoms with E-state index in [2.05, 4.69) is 0 Å². The number of esters is 2. The zero-order valence-electron chi connectivity index (χ0n) is 14.8. The fraction of sp³-hybridized carbons (Fsp3) is 0.300. The van der Waals surface area contributed by atoms with E-state index in [0.717, 1.165) is 0 Å². The molecule has 5 atom stereocenters. The number of carbonyl (C=O) groups excluding carboxylic acids is 2. The van der Waals surface area contributed by atoms with Crippen molar-refractivity contribution in [3.63, 3.8) is 0 Å². The lowest BCUT2D eigenvalue weighted by Gasteiger charge is -2.20. The molecule has 1 aliphatic carbocycles. The van der Waals surface area contributed by atoms with Gasteiger partial charge < -0.3 is 19.3 Å². The Bertz CT molecular complexity index is 935. The van der Waals surface area contributed by atoms with Crippen LogP contribution in [0.1, 0.15) is 27.1 Å². The molecule has 0 amide bonds. The second kappa shape index (κ2) is 7.57. The lowest BCUT2D eigenvalue weighted by molar-refractivity contribution is -0.131. The van der Waals surface area contributed by atoms with Gasteiger partial charge in [-0.1, -0.05) is 23.2 Å². The van der Waals surface area contributed by atoms with Crippen LogP contribution in [-0.2, 0) is 14.2 Å². The van der Waals surface area contributed by atoms with Crippen molar-refractivity contribution in [2.75, 3.05) is 0 Å². The number of aliphatic hydroxyl groups excluding tert-OH is 1. The SMILES string of the molecule is O=C(O[C@@H]1CC12OC(O)[C@@H](F)[C@@H]2OC(=O)c1ccc(Cl)cc1)c1ccc(Cl)cc1. The number of benzene rings is 2. The van der Waals surface area contributed by atoms with E-state index in [9.17, 15) is 19.1 Å².